The van der Waals surface area contributed by atoms with Crippen LogP contribution in [-0.4, -0.2) is 13.1 Å². The highest BCUT2D eigenvalue weighted by molar-refractivity contribution is 9.10. The number of esters is 1. The number of hydrogen-bond acceptors (Lipinski definition) is 3. The minimum atomic E-state index is -0.548. The molecule has 0 saturated heterocycles. The van der Waals surface area contributed by atoms with Crippen molar-refractivity contribution in [2.45, 2.75) is 19.9 Å². The van der Waals surface area contributed by atoms with Crippen molar-refractivity contribution in [3.05, 3.63) is 63.6 Å². The van der Waals surface area contributed by atoms with Gasteiger partial charge < -0.3 is 10.1 Å². The summed E-state index contributed by atoms with van der Waals surface area (Å²) in [5.41, 5.74) is 4.03. The van der Waals surface area contributed by atoms with Crippen LogP contribution < -0.4 is 5.32 Å². The summed E-state index contributed by atoms with van der Waals surface area (Å²) in [7, 11) is 1.40. The molecular weight excluding hydrogens is 330 g/mol. The van der Waals surface area contributed by atoms with Crippen molar-refractivity contribution in [3.63, 3.8) is 0 Å². The maximum atomic E-state index is 12.1. The van der Waals surface area contributed by atoms with Crippen LogP contribution in [0.3, 0.4) is 0 Å². The Hall–Kier alpha value is -1.81. The van der Waals surface area contributed by atoms with Gasteiger partial charge in [0, 0.05) is 10.2 Å². The molecule has 0 aliphatic heterocycles. The molecule has 2 aromatic rings. The van der Waals surface area contributed by atoms with Gasteiger partial charge >= 0.3 is 5.97 Å². The van der Waals surface area contributed by atoms with E-state index in [0.717, 1.165) is 21.3 Å². The molecule has 4 heteroatoms. The molecule has 0 bridgehead atoms. The minimum Gasteiger partial charge on any atom is -0.467 e. The van der Waals surface area contributed by atoms with E-state index < -0.39 is 6.04 Å². The van der Waals surface area contributed by atoms with E-state index in [0.29, 0.717) is 0 Å². The molecular formula is C17H18BrNO2. The number of anilines is 1. The molecule has 2 aromatic carbocycles. The van der Waals surface area contributed by atoms with Crippen LogP contribution in [0, 0.1) is 13.8 Å². The zero-order valence-electron chi connectivity index (χ0n) is 12.3. The fourth-order valence-electron chi connectivity index (χ4n) is 2.06. The quantitative estimate of drug-likeness (QED) is 0.833. The second kappa shape index (κ2) is 6.76. The number of halogens is 1. The summed E-state index contributed by atoms with van der Waals surface area (Å²) < 4.78 is 5.81. The highest BCUT2D eigenvalue weighted by atomic mass is 79.9. The summed E-state index contributed by atoms with van der Waals surface area (Å²) in [4.78, 5) is 12.1. The van der Waals surface area contributed by atoms with Crippen molar-refractivity contribution in [2.75, 3.05) is 12.4 Å². The van der Waals surface area contributed by atoms with E-state index in [2.05, 4.69) is 21.2 Å². The topological polar surface area (TPSA) is 38.3 Å². The van der Waals surface area contributed by atoms with Crippen molar-refractivity contribution >= 4 is 27.6 Å². The number of aryl methyl sites for hydroxylation is 2. The van der Waals surface area contributed by atoms with Crippen LogP contribution in [0.25, 0.3) is 0 Å². The Morgan fingerprint density at radius 3 is 2.29 bits per heavy atom. The van der Waals surface area contributed by atoms with E-state index in [9.17, 15) is 4.79 Å². The van der Waals surface area contributed by atoms with E-state index >= 15 is 0 Å². The molecule has 0 aromatic heterocycles. The van der Waals surface area contributed by atoms with Gasteiger partial charge in [-0.05, 0) is 43.2 Å². The van der Waals surface area contributed by atoms with E-state index in [4.69, 9.17) is 4.74 Å². The van der Waals surface area contributed by atoms with Gasteiger partial charge in [0.2, 0.25) is 0 Å². The van der Waals surface area contributed by atoms with Crippen molar-refractivity contribution in [1.29, 1.82) is 0 Å². The molecule has 1 N–H and O–H groups in total. The molecule has 1 atom stereocenters. The first-order valence-corrected chi connectivity index (χ1v) is 7.47. The molecule has 0 fully saturated rings. The highest BCUT2D eigenvalue weighted by Gasteiger charge is 2.23. The van der Waals surface area contributed by atoms with Crippen LogP contribution in [0.2, 0.25) is 0 Å². The molecule has 0 aliphatic carbocycles. The third kappa shape index (κ3) is 3.85. The summed E-state index contributed by atoms with van der Waals surface area (Å²) in [5, 5.41) is 3.23. The second-order valence-electron chi connectivity index (χ2n) is 4.99. The van der Waals surface area contributed by atoms with Crippen molar-refractivity contribution in [3.8, 4) is 0 Å². The maximum Gasteiger partial charge on any atom is 0.333 e. The lowest BCUT2D eigenvalue weighted by Gasteiger charge is -2.19. The zero-order valence-corrected chi connectivity index (χ0v) is 13.9. The normalized spacial score (nSPS) is 11.8. The summed E-state index contributed by atoms with van der Waals surface area (Å²) in [6.07, 6.45) is 0. The number of carbonyl (C=O) groups excluding carboxylic acids is 1. The molecule has 0 aliphatic rings. The third-order valence-electron chi connectivity index (χ3n) is 3.27. The molecule has 3 nitrogen and oxygen atoms in total. The number of nitrogens with one attached hydrogen (secondary N) is 1. The van der Waals surface area contributed by atoms with E-state index in [1.807, 2.05) is 56.3 Å². The molecule has 0 spiro atoms. The second-order valence-corrected chi connectivity index (χ2v) is 5.85. The fraction of sp³-hybridized carbons (Fsp3) is 0.235. The average molecular weight is 348 g/mol. The molecule has 0 radical (unpaired) electrons. The monoisotopic (exact) mass is 347 g/mol. The number of hydrogen-bond donors (Lipinski definition) is 1. The molecule has 1 unspecified atom stereocenters. The molecule has 2 rings (SSSR count). The predicted octanol–water partition coefficient (Wildman–Crippen LogP) is 4.39. The van der Waals surface area contributed by atoms with Crippen LogP contribution in [0.15, 0.2) is 46.9 Å². The third-order valence-corrected chi connectivity index (χ3v) is 3.95. The first kappa shape index (κ1) is 15.6. The highest BCUT2D eigenvalue weighted by Crippen LogP contribution is 2.28. The maximum absolute atomic E-state index is 12.1. The van der Waals surface area contributed by atoms with Gasteiger partial charge in [0.25, 0.3) is 0 Å². The summed E-state index contributed by atoms with van der Waals surface area (Å²) >= 11 is 3.52. The number of methoxy groups -OCH3 is 1. The minimum absolute atomic E-state index is 0.319. The van der Waals surface area contributed by atoms with Gasteiger partial charge in [-0.1, -0.05) is 45.8 Å². The number of rotatable bonds is 4. The van der Waals surface area contributed by atoms with Gasteiger partial charge in [0.1, 0.15) is 0 Å². The summed E-state index contributed by atoms with van der Waals surface area (Å²) in [6.45, 7) is 4.03. The average Bonchev–Trinajstić information content (AvgIpc) is 2.47. The van der Waals surface area contributed by atoms with Crippen LogP contribution in [0.5, 0.6) is 0 Å². The molecule has 110 valence electrons. The molecule has 0 heterocycles. The molecule has 0 saturated carbocycles. The van der Waals surface area contributed by atoms with Gasteiger partial charge in [0.15, 0.2) is 6.04 Å². The van der Waals surface area contributed by atoms with Crippen LogP contribution in [-0.2, 0) is 9.53 Å². The van der Waals surface area contributed by atoms with Gasteiger partial charge in [-0.3, -0.25) is 0 Å². The van der Waals surface area contributed by atoms with E-state index in [1.54, 1.807) is 0 Å². The lowest BCUT2D eigenvalue weighted by Crippen LogP contribution is -2.22. The zero-order chi connectivity index (χ0) is 15.4. The van der Waals surface area contributed by atoms with Crippen molar-refractivity contribution in [1.82, 2.24) is 0 Å². The van der Waals surface area contributed by atoms with Gasteiger partial charge in [-0.2, -0.15) is 0 Å². The Kier molecular flexibility index (Phi) is 5.02. The number of benzene rings is 2. The number of ether oxygens (including phenoxy) is 1. The first-order valence-electron chi connectivity index (χ1n) is 6.68. The van der Waals surface area contributed by atoms with Crippen molar-refractivity contribution in [2.24, 2.45) is 0 Å². The Balaban J connectivity index is 2.34. The summed E-state index contributed by atoms with van der Waals surface area (Å²) in [6, 6.07) is 13.3. The number of carbonyl (C=O) groups is 1. The predicted molar refractivity (Wildman–Crippen MR) is 88.4 cm³/mol. The van der Waals surface area contributed by atoms with E-state index in [1.165, 1.54) is 12.7 Å². The Morgan fingerprint density at radius 1 is 1.10 bits per heavy atom. The fourth-order valence-corrected chi connectivity index (χ4v) is 2.79. The molecule has 21 heavy (non-hydrogen) atoms. The van der Waals surface area contributed by atoms with Crippen LogP contribution in [0.1, 0.15) is 22.7 Å². The van der Waals surface area contributed by atoms with E-state index in [-0.39, 0.29) is 5.97 Å². The Morgan fingerprint density at radius 2 is 1.71 bits per heavy atom. The largest absolute Gasteiger partial charge is 0.467 e. The van der Waals surface area contributed by atoms with Crippen molar-refractivity contribution < 1.29 is 9.53 Å². The SMILES string of the molecule is COC(=O)C(Nc1ccc(C)cc1)c1ccc(C)cc1Br. The Bertz CT molecular complexity index is 638. The smallest absolute Gasteiger partial charge is 0.333 e. The lowest BCUT2D eigenvalue weighted by molar-refractivity contribution is -0.141. The van der Waals surface area contributed by atoms with Crippen LogP contribution in [0.4, 0.5) is 5.69 Å². The standard InChI is InChI=1S/C17H18BrNO2/c1-11-4-7-13(8-5-11)19-16(17(20)21-3)14-9-6-12(2)10-15(14)18/h4-10,16,19H,1-3H3. The lowest BCUT2D eigenvalue weighted by atomic mass is 10.0. The summed E-state index contributed by atoms with van der Waals surface area (Å²) in [5.74, 6) is -0.319. The molecule has 0 amide bonds. The van der Waals surface area contributed by atoms with Gasteiger partial charge in [0.05, 0.1) is 7.11 Å². The Labute approximate surface area is 133 Å². The van der Waals surface area contributed by atoms with Gasteiger partial charge in [-0.15, -0.1) is 0 Å². The van der Waals surface area contributed by atoms with Crippen LogP contribution >= 0.6 is 15.9 Å². The van der Waals surface area contributed by atoms with Gasteiger partial charge in [-0.25, -0.2) is 4.79 Å². The first-order chi connectivity index (χ1) is 10.0.